The van der Waals surface area contributed by atoms with Gasteiger partial charge in [0.05, 0.1) is 17.2 Å². The van der Waals surface area contributed by atoms with E-state index in [2.05, 4.69) is 0 Å². The first-order valence-electron chi connectivity index (χ1n) is 6.18. The highest BCUT2D eigenvalue weighted by Crippen LogP contribution is 2.34. The number of hydrogen-bond donors (Lipinski definition) is 3. The minimum atomic E-state index is -1.09. The van der Waals surface area contributed by atoms with Crippen LogP contribution in [0.15, 0.2) is 30.3 Å². The summed E-state index contributed by atoms with van der Waals surface area (Å²) in [5.74, 6) is -2.22. The van der Waals surface area contributed by atoms with E-state index in [9.17, 15) is 15.0 Å². The SMILES string of the molecule is N#Cc1cc(O)c(O)c(C#N)c1Cc1cccc(C(=O)O)c1. The molecule has 0 fully saturated rings. The standard InChI is InChI=1S/C16H10N2O4/c17-7-11-6-14(19)15(20)13(8-18)12(11)5-9-2-1-3-10(4-9)16(21)22/h1-4,6,19-20H,5H2,(H,21,22). The van der Waals surface area contributed by atoms with Crippen LogP contribution in [0.3, 0.4) is 0 Å². The van der Waals surface area contributed by atoms with Crippen molar-refractivity contribution in [1.29, 1.82) is 10.5 Å². The molecule has 108 valence electrons. The Labute approximate surface area is 125 Å². The van der Waals surface area contributed by atoms with Crippen molar-refractivity contribution in [3.63, 3.8) is 0 Å². The highest BCUT2D eigenvalue weighted by atomic mass is 16.4. The Kier molecular flexibility index (Phi) is 3.97. The highest BCUT2D eigenvalue weighted by Gasteiger charge is 2.18. The van der Waals surface area contributed by atoms with Crippen molar-refractivity contribution < 1.29 is 20.1 Å². The van der Waals surface area contributed by atoms with Crippen LogP contribution in [0.1, 0.15) is 32.6 Å². The molecule has 2 aromatic rings. The predicted molar refractivity (Wildman–Crippen MR) is 75.4 cm³/mol. The number of nitriles is 2. The topological polar surface area (TPSA) is 125 Å². The molecule has 0 amide bonds. The lowest BCUT2D eigenvalue weighted by Gasteiger charge is -2.10. The second-order valence-electron chi connectivity index (χ2n) is 4.55. The maximum atomic E-state index is 11.0. The van der Waals surface area contributed by atoms with Gasteiger partial charge in [-0.2, -0.15) is 10.5 Å². The lowest BCUT2D eigenvalue weighted by Crippen LogP contribution is -2.01. The highest BCUT2D eigenvalue weighted by molar-refractivity contribution is 5.87. The van der Waals surface area contributed by atoms with Gasteiger partial charge < -0.3 is 15.3 Å². The van der Waals surface area contributed by atoms with Gasteiger partial charge in [-0.15, -0.1) is 0 Å². The first-order chi connectivity index (χ1) is 10.5. The minimum Gasteiger partial charge on any atom is -0.504 e. The number of nitrogens with zero attached hydrogens (tertiary/aromatic N) is 2. The second kappa shape index (κ2) is 5.86. The summed E-state index contributed by atoms with van der Waals surface area (Å²) in [5, 5.41) is 46.5. The largest absolute Gasteiger partial charge is 0.504 e. The van der Waals surface area contributed by atoms with Crippen molar-refractivity contribution in [2.45, 2.75) is 6.42 Å². The van der Waals surface area contributed by atoms with Crippen LogP contribution >= 0.6 is 0 Å². The Hall–Kier alpha value is -3.51. The van der Waals surface area contributed by atoms with Gasteiger partial charge in [-0.25, -0.2) is 4.79 Å². The summed E-state index contributed by atoms with van der Waals surface area (Å²) < 4.78 is 0. The zero-order chi connectivity index (χ0) is 16.3. The summed E-state index contributed by atoms with van der Waals surface area (Å²) in [4.78, 5) is 11.0. The van der Waals surface area contributed by atoms with Crippen molar-refractivity contribution in [3.05, 3.63) is 58.1 Å². The van der Waals surface area contributed by atoms with E-state index in [4.69, 9.17) is 15.6 Å². The van der Waals surface area contributed by atoms with Gasteiger partial charge in [-0.3, -0.25) is 0 Å². The molecule has 0 radical (unpaired) electrons. The average molecular weight is 294 g/mol. The Balaban J connectivity index is 2.57. The Morgan fingerprint density at radius 2 is 1.86 bits per heavy atom. The van der Waals surface area contributed by atoms with Crippen LogP contribution in [0.2, 0.25) is 0 Å². The average Bonchev–Trinajstić information content (AvgIpc) is 2.51. The van der Waals surface area contributed by atoms with Gasteiger partial charge in [0.25, 0.3) is 0 Å². The number of aromatic hydroxyl groups is 2. The molecule has 0 spiro atoms. The smallest absolute Gasteiger partial charge is 0.335 e. The van der Waals surface area contributed by atoms with E-state index in [-0.39, 0.29) is 28.7 Å². The molecule has 0 aliphatic carbocycles. The predicted octanol–water partition coefficient (Wildman–Crippen LogP) is 2.13. The van der Waals surface area contributed by atoms with Crippen LogP contribution in [0.4, 0.5) is 0 Å². The lowest BCUT2D eigenvalue weighted by atomic mass is 9.94. The van der Waals surface area contributed by atoms with Gasteiger partial charge in [0, 0.05) is 12.5 Å². The van der Waals surface area contributed by atoms with E-state index in [1.54, 1.807) is 18.2 Å². The van der Waals surface area contributed by atoms with Gasteiger partial charge in [-0.05, 0) is 23.3 Å². The van der Waals surface area contributed by atoms with Gasteiger partial charge >= 0.3 is 5.97 Å². The number of carboxylic acids is 1. The summed E-state index contributed by atoms with van der Waals surface area (Å²) in [7, 11) is 0. The molecule has 6 nitrogen and oxygen atoms in total. The van der Waals surface area contributed by atoms with E-state index >= 15 is 0 Å². The number of aromatic carboxylic acids is 1. The molecule has 3 N–H and O–H groups in total. The first-order valence-corrected chi connectivity index (χ1v) is 6.18. The van der Waals surface area contributed by atoms with E-state index in [0.29, 0.717) is 5.56 Å². The van der Waals surface area contributed by atoms with Crippen LogP contribution in [0.25, 0.3) is 0 Å². The maximum Gasteiger partial charge on any atom is 0.335 e. The molecule has 2 rings (SSSR count). The van der Waals surface area contributed by atoms with E-state index in [1.807, 2.05) is 6.07 Å². The van der Waals surface area contributed by atoms with Crippen molar-refractivity contribution in [3.8, 4) is 23.6 Å². The third-order valence-corrected chi connectivity index (χ3v) is 3.17. The molecular weight excluding hydrogens is 284 g/mol. The first kappa shape index (κ1) is 14.9. The second-order valence-corrected chi connectivity index (χ2v) is 4.55. The van der Waals surface area contributed by atoms with Gasteiger partial charge in [-0.1, -0.05) is 12.1 Å². The lowest BCUT2D eigenvalue weighted by molar-refractivity contribution is 0.0696. The molecule has 22 heavy (non-hydrogen) atoms. The molecule has 0 unspecified atom stereocenters. The van der Waals surface area contributed by atoms with Crippen molar-refractivity contribution in [2.24, 2.45) is 0 Å². The number of hydrogen-bond acceptors (Lipinski definition) is 5. The van der Waals surface area contributed by atoms with E-state index in [1.165, 1.54) is 12.1 Å². The van der Waals surface area contributed by atoms with Crippen LogP contribution in [0, 0.1) is 22.7 Å². The molecule has 0 aliphatic rings. The maximum absolute atomic E-state index is 11.0. The Bertz CT molecular complexity index is 844. The molecule has 0 aromatic heterocycles. The molecule has 6 heteroatoms. The number of benzene rings is 2. The molecule has 0 heterocycles. The Morgan fingerprint density at radius 3 is 2.45 bits per heavy atom. The van der Waals surface area contributed by atoms with Crippen molar-refractivity contribution >= 4 is 5.97 Å². The number of carbonyl (C=O) groups is 1. The molecule has 2 aromatic carbocycles. The van der Waals surface area contributed by atoms with Crippen LogP contribution in [-0.4, -0.2) is 21.3 Å². The Morgan fingerprint density at radius 1 is 1.14 bits per heavy atom. The summed E-state index contributed by atoms with van der Waals surface area (Å²) in [5.41, 5.74) is 0.739. The fraction of sp³-hybridized carbons (Fsp3) is 0.0625. The number of phenolic OH excluding ortho intramolecular Hbond substituents is 2. The third-order valence-electron chi connectivity index (χ3n) is 3.17. The monoisotopic (exact) mass is 294 g/mol. The number of carboxylic acid groups (broad SMARTS) is 1. The molecule has 0 atom stereocenters. The van der Waals surface area contributed by atoms with E-state index in [0.717, 1.165) is 6.07 Å². The molecular formula is C16H10N2O4. The number of rotatable bonds is 3. The van der Waals surface area contributed by atoms with Crippen molar-refractivity contribution in [1.82, 2.24) is 0 Å². The zero-order valence-electron chi connectivity index (χ0n) is 11.2. The fourth-order valence-corrected chi connectivity index (χ4v) is 2.12. The van der Waals surface area contributed by atoms with Gasteiger partial charge in [0.2, 0.25) is 0 Å². The van der Waals surface area contributed by atoms with Crippen LogP contribution < -0.4 is 0 Å². The van der Waals surface area contributed by atoms with Gasteiger partial charge in [0.1, 0.15) is 11.6 Å². The quantitative estimate of drug-likeness (QED) is 0.744. The summed E-state index contributed by atoms with van der Waals surface area (Å²) in [6.45, 7) is 0. The third kappa shape index (κ3) is 2.67. The fourth-order valence-electron chi connectivity index (χ4n) is 2.12. The molecule has 0 bridgehead atoms. The van der Waals surface area contributed by atoms with E-state index < -0.39 is 17.5 Å². The van der Waals surface area contributed by atoms with Gasteiger partial charge in [0.15, 0.2) is 11.5 Å². The zero-order valence-corrected chi connectivity index (χ0v) is 11.2. The molecule has 0 saturated heterocycles. The molecule has 0 aliphatic heterocycles. The van der Waals surface area contributed by atoms with Crippen LogP contribution in [-0.2, 0) is 6.42 Å². The minimum absolute atomic E-state index is 0.0487. The molecule has 0 saturated carbocycles. The summed E-state index contributed by atoms with van der Waals surface area (Å²) in [6.07, 6.45) is 0.0841. The number of phenols is 2. The summed E-state index contributed by atoms with van der Waals surface area (Å²) in [6, 6.07) is 10.7. The van der Waals surface area contributed by atoms with Crippen molar-refractivity contribution in [2.75, 3.05) is 0 Å². The van der Waals surface area contributed by atoms with Crippen LogP contribution in [0.5, 0.6) is 11.5 Å². The summed E-state index contributed by atoms with van der Waals surface area (Å²) >= 11 is 0. The normalized spacial score (nSPS) is 9.73.